The topological polar surface area (TPSA) is 42.3 Å². The van der Waals surface area contributed by atoms with Crippen LogP contribution in [0.2, 0.25) is 0 Å². The molecule has 2 saturated heterocycles. The van der Waals surface area contributed by atoms with Crippen LogP contribution in [0.1, 0.15) is 36.3 Å². The molecule has 1 N–H and O–H groups in total. The molecule has 0 aliphatic carbocycles. The fraction of sp³-hybridized carbons (Fsp3) is 0.304. The van der Waals surface area contributed by atoms with Gasteiger partial charge in [-0.1, -0.05) is 12.1 Å². The molecule has 3 aromatic rings. The first kappa shape index (κ1) is 19.2. The molecule has 154 valence electrons. The van der Waals surface area contributed by atoms with Gasteiger partial charge in [0.25, 0.3) is 0 Å². The molecular weight excluding hydrogens is 399 g/mol. The number of aromatic nitrogens is 2. The monoisotopic (exact) mass is 422 g/mol. The predicted octanol–water partition coefficient (Wildman–Crippen LogP) is 4.16. The van der Waals surface area contributed by atoms with Crippen molar-refractivity contribution in [1.82, 2.24) is 19.8 Å². The van der Waals surface area contributed by atoms with Crippen LogP contribution >= 0.6 is 12.2 Å². The first-order valence-electron chi connectivity index (χ1n) is 10.2. The summed E-state index contributed by atoms with van der Waals surface area (Å²) in [4.78, 5) is 6.79. The van der Waals surface area contributed by atoms with Crippen molar-refractivity contribution in [2.24, 2.45) is 0 Å². The SMILES string of the molecule is Fc1cccc(-n2cccc2[C@@H]2[C@H](c3ccccn3)NC(=S)N2C[C@H]2CCCO2)c1. The van der Waals surface area contributed by atoms with Crippen LogP contribution in [-0.2, 0) is 4.74 Å². The van der Waals surface area contributed by atoms with Gasteiger partial charge in [-0.25, -0.2) is 4.39 Å². The summed E-state index contributed by atoms with van der Waals surface area (Å²) < 4.78 is 21.9. The van der Waals surface area contributed by atoms with Gasteiger partial charge in [0.2, 0.25) is 0 Å². The quantitative estimate of drug-likeness (QED) is 0.626. The lowest BCUT2D eigenvalue weighted by molar-refractivity contribution is 0.0836. The minimum atomic E-state index is -0.260. The molecule has 5 nitrogen and oxygen atoms in total. The molecule has 1 aromatic carbocycles. The minimum absolute atomic E-state index is 0.0881. The number of pyridine rings is 1. The largest absolute Gasteiger partial charge is 0.376 e. The first-order chi connectivity index (χ1) is 14.7. The molecule has 5 rings (SSSR count). The molecule has 30 heavy (non-hydrogen) atoms. The Bertz CT molecular complexity index is 1030. The fourth-order valence-electron chi connectivity index (χ4n) is 4.43. The number of halogens is 1. The van der Waals surface area contributed by atoms with Crippen LogP contribution in [0.25, 0.3) is 5.69 Å². The Morgan fingerprint density at radius 3 is 2.87 bits per heavy atom. The standard InChI is InChI=1S/C23H23FN4OS/c24-16-6-3-7-17(14-16)27-12-4-10-20(27)22-21(19-9-1-2-11-25-19)26-23(30)28(22)15-18-8-5-13-29-18/h1-4,6-7,9-12,14,18,21-22H,5,8,13,15H2,(H,26,30)/t18-,21+,22-/m1/s1. The van der Waals surface area contributed by atoms with Crippen molar-refractivity contribution in [3.8, 4) is 5.69 Å². The van der Waals surface area contributed by atoms with Gasteiger partial charge in [0, 0.05) is 36.9 Å². The predicted molar refractivity (Wildman–Crippen MR) is 117 cm³/mol. The number of nitrogens with zero attached hydrogens (tertiary/aromatic N) is 3. The molecule has 2 aliphatic heterocycles. The van der Waals surface area contributed by atoms with Gasteiger partial charge in [-0.2, -0.15) is 0 Å². The summed E-state index contributed by atoms with van der Waals surface area (Å²) in [6, 6.07) is 16.4. The lowest BCUT2D eigenvalue weighted by atomic mass is 10.0. The maximum absolute atomic E-state index is 13.9. The maximum atomic E-state index is 13.9. The average molecular weight is 423 g/mol. The molecule has 0 unspecified atom stereocenters. The summed E-state index contributed by atoms with van der Waals surface area (Å²) in [5, 5.41) is 4.17. The van der Waals surface area contributed by atoms with E-state index < -0.39 is 0 Å². The molecule has 7 heteroatoms. The van der Waals surface area contributed by atoms with Gasteiger partial charge in [0.1, 0.15) is 5.82 Å². The molecule has 4 heterocycles. The molecule has 2 aliphatic rings. The number of benzene rings is 1. The van der Waals surface area contributed by atoms with Crippen molar-refractivity contribution < 1.29 is 9.13 Å². The normalized spacial score (nSPS) is 23.7. The lowest BCUT2D eigenvalue weighted by Crippen LogP contribution is -2.36. The van der Waals surface area contributed by atoms with Crippen LogP contribution in [0.5, 0.6) is 0 Å². The second-order valence-electron chi connectivity index (χ2n) is 7.70. The van der Waals surface area contributed by atoms with Crippen LogP contribution in [0.4, 0.5) is 4.39 Å². The highest BCUT2D eigenvalue weighted by molar-refractivity contribution is 7.80. The van der Waals surface area contributed by atoms with Crippen LogP contribution in [0.3, 0.4) is 0 Å². The van der Waals surface area contributed by atoms with Gasteiger partial charge in [-0.3, -0.25) is 4.98 Å². The first-order valence-corrected chi connectivity index (χ1v) is 10.6. The van der Waals surface area contributed by atoms with Crippen LogP contribution < -0.4 is 5.32 Å². The smallest absolute Gasteiger partial charge is 0.170 e. The fourth-order valence-corrected chi connectivity index (χ4v) is 4.74. The number of hydrogen-bond acceptors (Lipinski definition) is 3. The van der Waals surface area contributed by atoms with E-state index in [2.05, 4.69) is 21.3 Å². The highest BCUT2D eigenvalue weighted by Crippen LogP contribution is 2.40. The summed E-state index contributed by atoms with van der Waals surface area (Å²) in [7, 11) is 0. The Kier molecular flexibility index (Phi) is 5.23. The van der Waals surface area contributed by atoms with Crippen molar-refractivity contribution in [3.63, 3.8) is 0 Å². The van der Waals surface area contributed by atoms with E-state index in [4.69, 9.17) is 17.0 Å². The third-order valence-electron chi connectivity index (χ3n) is 5.79. The third-order valence-corrected chi connectivity index (χ3v) is 6.14. The third kappa shape index (κ3) is 3.59. The highest BCUT2D eigenvalue weighted by Gasteiger charge is 2.42. The molecule has 0 spiro atoms. The number of ether oxygens (including phenoxy) is 1. The molecule has 0 saturated carbocycles. The summed E-state index contributed by atoms with van der Waals surface area (Å²) in [5.41, 5.74) is 2.73. The Morgan fingerprint density at radius 2 is 2.10 bits per heavy atom. The number of hydrogen-bond donors (Lipinski definition) is 1. The lowest BCUT2D eigenvalue weighted by Gasteiger charge is -2.30. The molecule has 2 fully saturated rings. The summed E-state index contributed by atoms with van der Waals surface area (Å²) in [6.45, 7) is 1.51. The van der Waals surface area contributed by atoms with E-state index in [9.17, 15) is 4.39 Å². The van der Waals surface area contributed by atoms with E-state index >= 15 is 0 Å². The van der Waals surface area contributed by atoms with Gasteiger partial charge >= 0.3 is 0 Å². The summed E-state index contributed by atoms with van der Waals surface area (Å²) in [5.74, 6) is -0.260. The second-order valence-corrected chi connectivity index (χ2v) is 8.08. The van der Waals surface area contributed by atoms with Gasteiger partial charge in [0.05, 0.1) is 23.9 Å². The van der Waals surface area contributed by atoms with Gasteiger partial charge in [-0.15, -0.1) is 0 Å². The van der Waals surface area contributed by atoms with Gasteiger partial charge < -0.3 is 19.5 Å². The van der Waals surface area contributed by atoms with E-state index in [1.807, 2.05) is 41.1 Å². The van der Waals surface area contributed by atoms with E-state index in [0.717, 1.165) is 36.5 Å². The molecule has 0 amide bonds. The van der Waals surface area contributed by atoms with Crippen molar-refractivity contribution in [2.75, 3.05) is 13.2 Å². The summed E-state index contributed by atoms with van der Waals surface area (Å²) in [6.07, 6.45) is 6.03. The van der Waals surface area contributed by atoms with E-state index in [1.165, 1.54) is 6.07 Å². The van der Waals surface area contributed by atoms with Gasteiger partial charge in [-0.05, 0) is 67.5 Å². The van der Waals surface area contributed by atoms with E-state index in [-0.39, 0.29) is 24.0 Å². The zero-order valence-corrected chi connectivity index (χ0v) is 17.3. The molecule has 0 radical (unpaired) electrons. The highest BCUT2D eigenvalue weighted by atomic mass is 32.1. The van der Waals surface area contributed by atoms with Gasteiger partial charge in [0.15, 0.2) is 5.11 Å². The zero-order chi connectivity index (χ0) is 20.5. The van der Waals surface area contributed by atoms with Crippen molar-refractivity contribution in [1.29, 1.82) is 0 Å². The number of nitrogens with one attached hydrogen (secondary N) is 1. The van der Waals surface area contributed by atoms with Crippen molar-refractivity contribution in [2.45, 2.75) is 31.0 Å². The molecular formula is C23H23FN4OS. The Hall–Kier alpha value is -2.77. The molecule has 2 aromatic heterocycles. The number of thiocarbonyl (C=S) groups is 1. The van der Waals surface area contributed by atoms with E-state index in [1.54, 1.807) is 18.3 Å². The van der Waals surface area contributed by atoms with Crippen molar-refractivity contribution in [3.05, 3.63) is 84.2 Å². The Balaban J connectivity index is 1.57. The second kappa shape index (κ2) is 8.16. The Morgan fingerprint density at radius 1 is 1.17 bits per heavy atom. The maximum Gasteiger partial charge on any atom is 0.170 e. The molecule has 0 bridgehead atoms. The van der Waals surface area contributed by atoms with Crippen LogP contribution in [0.15, 0.2) is 67.0 Å². The average Bonchev–Trinajstić information content (AvgIpc) is 3.50. The van der Waals surface area contributed by atoms with Crippen molar-refractivity contribution >= 4 is 17.3 Å². The van der Waals surface area contributed by atoms with Crippen LogP contribution in [-0.4, -0.2) is 38.8 Å². The van der Waals surface area contributed by atoms with Crippen LogP contribution in [0, 0.1) is 5.82 Å². The summed E-state index contributed by atoms with van der Waals surface area (Å²) >= 11 is 5.75. The molecule has 3 atom stereocenters. The zero-order valence-electron chi connectivity index (χ0n) is 16.4. The Labute approximate surface area is 180 Å². The number of rotatable bonds is 5. The van der Waals surface area contributed by atoms with E-state index in [0.29, 0.717) is 11.7 Å². The minimum Gasteiger partial charge on any atom is -0.376 e.